The van der Waals surface area contributed by atoms with Gasteiger partial charge in [-0.25, -0.2) is 4.98 Å². The first-order valence-corrected chi connectivity index (χ1v) is 6.00. The van der Waals surface area contributed by atoms with Gasteiger partial charge in [-0.2, -0.15) is 4.39 Å². The topological polar surface area (TPSA) is 33.2 Å². The first kappa shape index (κ1) is 12.0. The van der Waals surface area contributed by atoms with E-state index in [-0.39, 0.29) is 5.91 Å². The van der Waals surface area contributed by atoms with E-state index in [1.807, 2.05) is 4.90 Å². The minimum Gasteiger partial charge on any atom is -0.335 e. The van der Waals surface area contributed by atoms with E-state index in [0.29, 0.717) is 17.5 Å². The maximum Gasteiger partial charge on any atom is 0.255 e. The molecule has 1 aliphatic carbocycles. The molecule has 0 radical (unpaired) electrons. The van der Waals surface area contributed by atoms with Gasteiger partial charge in [0.15, 0.2) is 0 Å². The zero-order valence-corrected chi connectivity index (χ0v) is 10.2. The van der Waals surface area contributed by atoms with E-state index in [1.54, 1.807) is 0 Å². The molecule has 0 N–H and O–H groups in total. The Bertz CT molecular complexity index is 398. The molecule has 17 heavy (non-hydrogen) atoms. The lowest BCUT2D eigenvalue weighted by Gasteiger charge is -2.24. The molecule has 92 valence electrons. The van der Waals surface area contributed by atoms with E-state index in [9.17, 15) is 9.18 Å². The zero-order chi connectivity index (χ0) is 12.4. The Morgan fingerprint density at radius 2 is 2.24 bits per heavy atom. The van der Waals surface area contributed by atoms with Crippen LogP contribution in [0, 0.1) is 11.9 Å². The largest absolute Gasteiger partial charge is 0.335 e. The highest BCUT2D eigenvalue weighted by Gasteiger charge is 2.33. The molecule has 0 bridgehead atoms. The average Bonchev–Trinajstić information content (AvgIpc) is 3.09. The van der Waals surface area contributed by atoms with Crippen molar-refractivity contribution in [3.05, 3.63) is 29.8 Å². The summed E-state index contributed by atoms with van der Waals surface area (Å²) in [6.45, 7) is 4.93. The van der Waals surface area contributed by atoms with Crippen molar-refractivity contribution in [1.29, 1.82) is 0 Å². The molecule has 1 aromatic heterocycles. The zero-order valence-electron chi connectivity index (χ0n) is 10.2. The van der Waals surface area contributed by atoms with Gasteiger partial charge in [0.25, 0.3) is 5.91 Å². The van der Waals surface area contributed by atoms with Crippen molar-refractivity contribution in [1.82, 2.24) is 9.88 Å². The van der Waals surface area contributed by atoms with Gasteiger partial charge in [-0.1, -0.05) is 13.8 Å². The van der Waals surface area contributed by atoms with E-state index < -0.39 is 5.95 Å². The maximum absolute atomic E-state index is 12.7. The molecule has 4 heteroatoms. The number of amides is 1. The highest BCUT2D eigenvalue weighted by Crippen LogP contribution is 2.28. The summed E-state index contributed by atoms with van der Waals surface area (Å²) in [6.07, 6.45) is 3.47. The molecule has 3 nitrogen and oxygen atoms in total. The van der Waals surface area contributed by atoms with Crippen LogP contribution in [0.2, 0.25) is 0 Å². The molecule has 0 atom stereocenters. The van der Waals surface area contributed by atoms with Gasteiger partial charge in [-0.3, -0.25) is 4.79 Å². The fourth-order valence-electron chi connectivity index (χ4n) is 1.85. The molecule has 1 heterocycles. The highest BCUT2D eigenvalue weighted by atomic mass is 19.1. The van der Waals surface area contributed by atoms with Crippen LogP contribution in [-0.2, 0) is 0 Å². The maximum atomic E-state index is 12.7. The Hall–Kier alpha value is -1.45. The van der Waals surface area contributed by atoms with Crippen LogP contribution in [0.1, 0.15) is 37.0 Å². The van der Waals surface area contributed by atoms with Crippen molar-refractivity contribution in [3.8, 4) is 0 Å². The van der Waals surface area contributed by atoms with Crippen LogP contribution in [0.4, 0.5) is 4.39 Å². The number of halogens is 1. The molecule has 0 unspecified atom stereocenters. The van der Waals surface area contributed by atoms with Crippen molar-refractivity contribution in [3.63, 3.8) is 0 Å². The van der Waals surface area contributed by atoms with Crippen LogP contribution in [0.15, 0.2) is 18.3 Å². The monoisotopic (exact) mass is 236 g/mol. The number of hydrogen-bond acceptors (Lipinski definition) is 2. The van der Waals surface area contributed by atoms with Crippen LogP contribution in [0.5, 0.6) is 0 Å². The summed E-state index contributed by atoms with van der Waals surface area (Å²) in [5.74, 6) is -0.148. The van der Waals surface area contributed by atoms with E-state index in [1.165, 1.54) is 18.3 Å². The number of carbonyl (C=O) groups is 1. The van der Waals surface area contributed by atoms with Crippen LogP contribution in [0.3, 0.4) is 0 Å². The Morgan fingerprint density at radius 1 is 1.53 bits per heavy atom. The Balaban J connectivity index is 2.12. The van der Waals surface area contributed by atoms with Gasteiger partial charge in [0.1, 0.15) is 0 Å². The number of pyridine rings is 1. The van der Waals surface area contributed by atoms with Crippen LogP contribution in [0.25, 0.3) is 0 Å². The third kappa shape index (κ3) is 3.02. The van der Waals surface area contributed by atoms with Crippen molar-refractivity contribution in [2.24, 2.45) is 5.92 Å². The summed E-state index contributed by atoms with van der Waals surface area (Å²) < 4.78 is 12.7. The van der Waals surface area contributed by atoms with Gasteiger partial charge in [0, 0.05) is 18.8 Å². The fourth-order valence-corrected chi connectivity index (χ4v) is 1.85. The fraction of sp³-hybridized carbons (Fsp3) is 0.538. The van der Waals surface area contributed by atoms with Gasteiger partial charge in [-0.15, -0.1) is 0 Å². The van der Waals surface area contributed by atoms with Crippen LogP contribution < -0.4 is 0 Å². The van der Waals surface area contributed by atoms with Gasteiger partial charge in [0.2, 0.25) is 5.95 Å². The van der Waals surface area contributed by atoms with Gasteiger partial charge in [-0.05, 0) is 30.9 Å². The third-order valence-corrected chi connectivity index (χ3v) is 2.78. The van der Waals surface area contributed by atoms with Crippen LogP contribution in [-0.4, -0.2) is 28.4 Å². The van der Waals surface area contributed by atoms with Crippen molar-refractivity contribution in [2.45, 2.75) is 32.7 Å². The smallest absolute Gasteiger partial charge is 0.255 e. The molecule has 1 saturated carbocycles. The number of hydrogen-bond donors (Lipinski definition) is 0. The predicted molar refractivity (Wildman–Crippen MR) is 63.1 cm³/mol. The van der Waals surface area contributed by atoms with Crippen molar-refractivity contribution < 1.29 is 9.18 Å². The number of nitrogens with zero attached hydrogens (tertiary/aromatic N) is 2. The second-order valence-corrected chi connectivity index (χ2v) is 4.95. The molecule has 0 spiro atoms. The van der Waals surface area contributed by atoms with Crippen molar-refractivity contribution >= 4 is 5.91 Å². The molecule has 0 aromatic carbocycles. The number of aromatic nitrogens is 1. The molecular formula is C13H17FN2O. The molecule has 1 aromatic rings. The standard InChI is InChI=1S/C13H17FN2O/c1-9(2)8-16(11-4-5-11)13(17)10-3-6-12(14)15-7-10/h3,6-7,9,11H,4-5,8H2,1-2H3. The van der Waals surface area contributed by atoms with Crippen LogP contribution >= 0.6 is 0 Å². The van der Waals surface area contributed by atoms with E-state index in [4.69, 9.17) is 0 Å². The molecule has 0 aliphatic heterocycles. The minimum absolute atomic E-state index is 0.0336. The summed E-state index contributed by atoms with van der Waals surface area (Å²) in [5, 5.41) is 0. The lowest BCUT2D eigenvalue weighted by Crippen LogP contribution is -2.36. The summed E-state index contributed by atoms with van der Waals surface area (Å²) >= 11 is 0. The quantitative estimate of drug-likeness (QED) is 0.752. The molecular weight excluding hydrogens is 219 g/mol. The first-order chi connectivity index (χ1) is 8.08. The van der Waals surface area contributed by atoms with Gasteiger partial charge >= 0.3 is 0 Å². The molecule has 1 fully saturated rings. The first-order valence-electron chi connectivity index (χ1n) is 6.00. The predicted octanol–water partition coefficient (Wildman–Crippen LogP) is 2.48. The SMILES string of the molecule is CC(C)CN(C(=O)c1ccc(F)nc1)C1CC1. The molecule has 0 saturated heterocycles. The van der Waals surface area contributed by atoms with E-state index in [2.05, 4.69) is 18.8 Å². The summed E-state index contributed by atoms with van der Waals surface area (Å²) in [7, 11) is 0. The molecule has 1 aliphatic rings. The Morgan fingerprint density at radius 3 is 2.71 bits per heavy atom. The molecule has 2 rings (SSSR count). The Kier molecular flexibility index (Phi) is 3.41. The average molecular weight is 236 g/mol. The number of rotatable bonds is 4. The van der Waals surface area contributed by atoms with Crippen molar-refractivity contribution in [2.75, 3.05) is 6.54 Å². The summed E-state index contributed by atoms with van der Waals surface area (Å²) in [5.41, 5.74) is 0.471. The third-order valence-electron chi connectivity index (χ3n) is 2.78. The lowest BCUT2D eigenvalue weighted by molar-refractivity contribution is 0.0722. The van der Waals surface area contributed by atoms with E-state index >= 15 is 0 Å². The minimum atomic E-state index is -0.552. The van der Waals surface area contributed by atoms with Gasteiger partial charge < -0.3 is 4.90 Å². The normalized spacial score (nSPS) is 15.1. The highest BCUT2D eigenvalue weighted by molar-refractivity contribution is 5.94. The second kappa shape index (κ2) is 4.82. The Labute approximate surface area is 101 Å². The summed E-state index contributed by atoms with van der Waals surface area (Å²) in [4.78, 5) is 17.7. The second-order valence-electron chi connectivity index (χ2n) is 4.95. The summed E-state index contributed by atoms with van der Waals surface area (Å²) in [6, 6.07) is 3.10. The molecule has 1 amide bonds. The van der Waals surface area contributed by atoms with E-state index in [0.717, 1.165) is 19.4 Å². The number of carbonyl (C=O) groups excluding carboxylic acids is 1. The van der Waals surface area contributed by atoms with Gasteiger partial charge in [0.05, 0.1) is 5.56 Å². The lowest BCUT2D eigenvalue weighted by atomic mass is 10.1.